The van der Waals surface area contributed by atoms with Crippen LogP contribution < -0.4 is 15.2 Å². The molecule has 36 heavy (non-hydrogen) atoms. The number of rotatable bonds is 12. The first kappa shape index (κ1) is 30.5. The van der Waals surface area contributed by atoms with Gasteiger partial charge in [0.15, 0.2) is 11.5 Å². The number of carboxylic acids is 1. The van der Waals surface area contributed by atoms with E-state index in [9.17, 15) is 24.3 Å². The second-order valence-electron chi connectivity index (χ2n) is 8.38. The number of aliphatic carboxylic acids is 1. The Hall–Kier alpha value is -3.54. The highest BCUT2D eigenvalue weighted by molar-refractivity contribution is 5.75. The van der Waals surface area contributed by atoms with E-state index in [1.165, 1.54) is 18.2 Å². The lowest BCUT2D eigenvalue weighted by Crippen LogP contribution is -2.38. The van der Waals surface area contributed by atoms with Crippen molar-refractivity contribution in [3.05, 3.63) is 23.8 Å². The molecule has 1 rings (SSSR count). The lowest BCUT2D eigenvalue weighted by Gasteiger charge is -2.27. The van der Waals surface area contributed by atoms with E-state index < -0.39 is 48.1 Å². The minimum absolute atomic E-state index is 0.00789. The zero-order valence-corrected chi connectivity index (χ0v) is 21.4. The van der Waals surface area contributed by atoms with Crippen LogP contribution in [0.5, 0.6) is 11.5 Å². The quantitative estimate of drug-likeness (QED) is 0.230. The normalized spacial score (nSPS) is 13.5. The summed E-state index contributed by atoms with van der Waals surface area (Å²) >= 11 is 0. The van der Waals surface area contributed by atoms with Crippen molar-refractivity contribution < 1.29 is 52.7 Å². The summed E-state index contributed by atoms with van der Waals surface area (Å²) in [4.78, 5) is 47.6. The summed E-state index contributed by atoms with van der Waals surface area (Å²) in [6, 6.07) is 2.63. The van der Waals surface area contributed by atoms with Crippen LogP contribution >= 0.6 is 0 Å². The van der Waals surface area contributed by atoms with Crippen LogP contribution in [0.15, 0.2) is 18.2 Å². The van der Waals surface area contributed by atoms with Gasteiger partial charge in [0.1, 0.15) is 17.7 Å². The van der Waals surface area contributed by atoms with E-state index in [-0.39, 0.29) is 31.1 Å². The van der Waals surface area contributed by atoms with Crippen LogP contribution in [0.1, 0.15) is 65.9 Å². The van der Waals surface area contributed by atoms with E-state index in [1.807, 2.05) is 6.92 Å². The maximum atomic E-state index is 12.2. The molecule has 0 radical (unpaired) electrons. The lowest BCUT2D eigenvalue weighted by molar-refractivity contribution is -0.139. The Morgan fingerprint density at radius 3 is 2.00 bits per heavy atom. The monoisotopic (exact) mass is 513 g/mol. The van der Waals surface area contributed by atoms with Gasteiger partial charge < -0.3 is 39.3 Å². The standard InChI is InChI=1S/C24H35NO11/c1-7-24(5,6)36-23(30)33-14(4)12-16(19(25)20(26)27)15-10-11-17(34-21(28)31-8-2)18(13-15)35-22(29)32-9-3/h10-11,13-14,16,19H,7-9,12,25H2,1-6H3,(H,26,27)/t14?,16?,19-/m0/s1. The number of carbonyl (C=O) groups excluding carboxylic acids is 3. The fourth-order valence-electron chi connectivity index (χ4n) is 2.95. The first-order chi connectivity index (χ1) is 16.8. The molecule has 0 amide bonds. The molecule has 0 fully saturated rings. The Labute approximate surface area is 209 Å². The highest BCUT2D eigenvalue weighted by atomic mass is 16.7. The maximum absolute atomic E-state index is 12.2. The third-order valence-corrected chi connectivity index (χ3v) is 5.12. The van der Waals surface area contributed by atoms with Crippen LogP contribution in [0.25, 0.3) is 0 Å². The summed E-state index contributed by atoms with van der Waals surface area (Å²) in [6.07, 6.45) is -3.24. The molecule has 1 aromatic rings. The van der Waals surface area contributed by atoms with E-state index in [0.29, 0.717) is 12.0 Å². The molecule has 0 heterocycles. The molecule has 12 nitrogen and oxygen atoms in total. The van der Waals surface area contributed by atoms with Gasteiger partial charge in [-0.25, -0.2) is 14.4 Å². The molecule has 202 valence electrons. The SMILES string of the molecule is CCOC(=O)Oc1ccc(C(CC(C)OC(=O)OC(C)(C)CC)[C@H](N)C(=O)O)cc1OC(=O)OCC. The van der Waals surface area contributed by atoms with E-state index in [4.69, 9.17) is 34.2 Å². The zero-order valence-electron chi connectivity index (χ0n) is 21.4. The van der Waals surface area contributed by atoms with Gasteiger partial charge in [0.05, 0.1) is 13.2 Å². The third kappa shape index (κ3) is 9.98. The summed E-state index contributed by atoms with van der Waals surface area (Å²) in [5.41, 5.74) is 5.53. The molecular weight excluding hydrogens is 478 g/mol. The van der Waals surface area contributed by atoms with Crippen LogP contribution in [0, 0.1) is 0 Å². The van der Waals surface area contributed by atoms with Crippen LogP contribution in [0.4, 0.5) is 14.4 Å². The summed E-state index contributed by atoms with van der Waals surface area (Å²) in [7, 11) is 0. The van der Waals surface area contributed by atoms with Crippen molar-refractivity contribution in [1.82, 2.24) is 0 Å². The molecule has 12 heteroatoms. The number of hydrogen-bond acceptors (Lipinski definition) is 11. The van der Waals surface area contributed by atoms with Crippen LogP contribution in [-0.2, 0) is 23.7 Å². The van der Waals surface area contributed by atoms with Gasteiger partial charge in [-0.2, -0.15) is 0 Å². The number of carboxylic acid groups (broad SMARTS) is 1. The van der Waals surface area contributed by atoms with Gasteiger partial charge in [-0.3, -0.25) is 4.79 Å². The van der Waals surface area contributed by atoms with Crippen LogP contribution in [0.2, 0.25) is 0 Å². The Balaban J connectivity index is 3.26. The predicted octanol–water partition coefficient (Wildman–Crippen LogP) is 4.37. The molecule has 0 bridgehead atoms. The van der Waals surface area contributed by atoms with Crippen molar-refractivity contribution in [1.29, 1.82) is 0 Å². The zero-order chi connectivity index (χ0) is 27.5. The molecular formula is C24H35NO11. The van der Waals surface area contributed by atoms with Gasteiger partial charge in [-0.1, -0.05) is 13.0 Å². The van der Waals surface area contributed by atoms with Crippen molar-refractivity contribution >= 4 is 24.4 Å². The number of benzene rings is 1. The number of hydrogen-bond donors (Lipinski definition) is 2. The lowest BCUT2D eigenvalue weighted by atomic mass is 9.87. The number of carbonyl (C=O) groups is 4. The van der Waals surface area contributed by atoms with Crippen molar-refractivity contribution in [3.8, 4) is 11.5 Å². The van der Waals surface area contributed by atoms with Gasteiger partial charge in [0, 0.05) is 5.92 Å². The van der Waals surface area contributed by atoms with Gasteiger partial charge >= 0.3 is 24.4 Å². The van der Waals surface area contributed by atoms with E-state index >= 15 is 0 Å². The van der Waals surface area contributed by atoms with E-state index in [2.05, 4.69) is 0 Å². The Morgan fingerprint density at radius 1 is 0.944 bits per heavy atom. The van der Waals surface area contributed by atoms with Gasteiger partial charge in [-0.05, 0) is 65.2 Å². The van der Waals surface area contributed by atoms with Crippen molar-refractivity contribution in [2.24, 2.45) is 5.73 Å². The molecule has 2 unspecified atom stereocenters. The Bertz CT molecular complexity index is 915. The van der Waals surface area contributed by atoms with Crippen molar-refractivity contribution in [3.63, 3.8) is 0 Å². The molecule has 0 aliphatic rings. The van der Waals surface area contributed by atoms with E-state index in [1.54, 1.807) is 34.6 Å². The van der Waals surface area contributed by atoms with Gasteiger partial charge in [0.25, 0.3) is 0 Å². The molecule has 0 spiro atoms. The summed E-state index contributed by atoms with van der Waals surface area (Å²) in [5, 5.41) is 9.56. The van der Waals surface area contributed by atoms with Crippen LogP contribution in [-0.4, -0.2) is 60.5 Å². The molecule has 0 aliphatic carbocycles. The van der Waals surface area contributed by atoms with Gasteiger partial charge in [-0.15, -0.1) is 0 Å². The first-order valence-electron chi connectivity index (χ1n) is 11.5. The average Bonchev–Trinajstić information content (AvgIpc) is 2.78. The maximum Gasteiger partial charge on any atom is 0.513 e. The molecule has 0 saturated carbocycles. The highest BCUT2D eigenvalue weighted by Crippen LogP contribution is 2.35. The Morgan fingerprint density at radius 2 is 1.50 bits per heavy atom. The largest absolute Gasteiger partial charge is 0.513 e. The third-order valence-electron chi connectivity index (χ3n) is 5.12. The summed E-state index contributed by atoms with van der Waals surface area (Å²) in [5.74, 6) is -2.59. The molecule has 3 N–H and O–H groups in total. The number of ether oxygens (including phenoxy) is 6. The summed E-state index contributed by atoms with van der Waals surface area (Å²) in [6.45, 7) is 10.1. The van der Waals surface area contributed by atoms with Crippen molar-refractivity contribution in [2.45, 2.75) is 78.0 Å². The van der Waals surface area contributed by atoms with Crippen LogP contribution in [0.3, 0.4) is 0 Å². The Kier molecular flexibility index (Phi) is 12.0. The average molecular weight is 514 g/mol. The second kappa shape index (κ2) is 14.1. The fourth-order valence-corrected chi connectivity index (χ4v) is 2.95. The minimum Gasteiger partial charge on any atom is -0.480 e. The molecule has 0 aliphatic heterocycles. The fraction of sp³-hybridized carbons (Fsp3) is 0.583. The van der Waals surface area contributed by atoms with E-state index in [0.717, 1.165) is 0 Å². The smallest absolute Gasteiger partial charge is 0.480 e. The van der Waals surface area contributed by atoms with Gasteiger partial charge in [0.2, 0.25) is 0 Å². The number of nitrogens with two attached hydrogens (primary N) is 1. The second-order valence-corrected chi connectivity index (χ2v) is 8.38. The predicted molar refractivity (Wildman–Crippen MR) is 126 cm³/mol. The minimum atomic E-state index is -1.41. The van der Waals surface area contributed by atoms with Crippen molar-refractivity contribution in [2.75, 3.05) is 13.2 Å². The molecule has 3 atom stereocenters. The topological polar surface area (TPSA) is 170 Å². The highest BCUT2D eigenvalue weighted by Gasteiger charge is 2.31. The molecule has 0 aromatic heterocycles. The molecule has 0 saturated heterocycles. The molecule has 1 aromatic carbocycles. The summed E-state index contributed by atoms with van der Waals surface area (Å²) < 4.78 is 30.3. The first-order valence-corrected chi connectivity index (χ1v) is 11.5.